The second-order valence-electron chi connectivity index (χ2n) is 17.7. The SMILES string of the molecule is CC/C=C/C=C/C=C/C=C/CCCCCC(=O)OC(COC(=O)CCCCCCCCCCCC/C=C/C/C=C/C/C=C/CC)CO[C@@H]1O[C@H](CO[C@@H]2O[C@H](CO)[C@H](O)C(O)C2O)[C@H](O)C(O)C1O. The van der Waals surface area contributed by atoms with E-state index in [0.717, 1.165) is 70.6 Å². The van der Waals surface area contributed by atoms with Gasteiger partial charge in [-0.1, -0.05) is 157 Å². The van der Waals surface area contributed by atoms with Gasteiger partial charge in [-0.3, -0.25) is 9.59 Å². The van der Waals surface area contributed by atoms with Crippen molar-refractivity contribution in [2.75, 3.05) is 26.4 Å². The highest BCUT2D eigenvalue weighted by Gasteiger charge is 2.47. The summed E-state index contributed by atoms with van der Waals surface area (Å²) in [5.74, 6) is -0.983. The number of allylic oxidation sites excluding steroid dienone is 14. The smallest absolute Gasteiger partial charge is 0.306 e. The first-order chi connectivity index (χ1) is 33.5. The average Bonchev–Trinajstić information content (AvgIpc) is 3.34. The third-order valence-electron chi connectivity index (χ3n) is 11.7. The number of aliphatic hydroxyl groups is 7. The van der Waals surface area contributed by atoms with Crippen molar-refractivity contribution in [1.29, 1.82) is 0 Å². The van der Waals surface area contributed by atoms with E-state index in [4.69, 9.17) is 28.4 Å². The third kappa shape index (κ3) is 28.3. The van der Waals surface area contributed by atoms with Crippen molar-refractivity contribution in [3.05, 3.63) is 85.1 Å². The van der Waals surface area contributed by atoms with Gasteiger partial charge >= 0.3 is 11.9 Å². The first-order valence-electron chi connectivity index (χ1n) is 25.7. The fourth-order valence-electron chi connectivity index (χ4n) is 7.53. The van der Waals surface area contributed by atoms with Gasteiger partial charge in [0.1, 0.15) is 55.4 Å². The van der Waals surface area contributed by atoms with Gasteiger partial charge < -0.3 is 64.2 Å². The number of unbranched alkanes of at least 4 members (excludes halogenated alkanes) is 13. The zero-order chi connectivity index (χ0) is 50.3. The molecule has 2 aliphatic rings. The summed E-state index contributed by atoms with van der Waals surface area (Å²) in [7, 11) is 0. The molecule has 0 bridgehead atoms. The average molecular weight is 977 g/mol. The van der Waals surface area contributed by atoms with E-state index in [2.05, 4.69) is 62.5 Å². The fraction of sp³-hybridized carbons (Fsp3) is 0.704. The molecule has 11 atom stereocenters. The fourth-order valence-corrected chi connectivity index (χ4v) is 7.53. The van der Waals surface area contributed by atoms with Crippen LogP contribution in [0.3, 0.4) is 0 Å². The Morgan fingerprint density at radius 1 is 0.478 bits per heavy atom. The second-order valence-corrected chi connectivity index (χ2v) is 17.7. The molecule has 0 aromatic carbocycles. The Morgan fingerprint density at radius 3 is 1.55 bits per heavy atom. The Bertz CT molecular complexity index is 1520. The van der Waals surface area contributed by atoms with Crippen LogP contribution in [0, 0.1) is 0 Å². The highest BCUT2D eigenvalue weighted by Crippen LogP contribution is 2.26. The molecule has 2 saturated heterocycles. The molecule has 0 saturated carbocycles. The highest BCUT2D eigenvalue weighted by atomic mass is 16.7. The van der Waals surface area contributed by atoms with Gasteiger partial charge in [-0.25, -0.2) is 0 Å². The Labute approximate surface area is 412 Å². The topological polar surface area (TPSA) is 231 Å². The maximum absolute atomic E-state index is 13.0. The molecule has 2 aliphatic heterocycles. The number of hydrogen-bond donors (Lipinski definition) is 7. The summed E-state index contributed by atoms with van der Waals surface area (Å²) in [5, 5.41) is 72.1. The number of rotatable bonds is 38. The van der Waals surface area contributed by atoms with Crippen LogP contribution < -0.4 is 0 Å². The normalized spacial score (nSPS) is 26.3. The van der Waals surface area contributed by atoms with Crippen LogP contribution in [0.25, 0.3) is 0 Å². The van der Waals surface area contributed by atoms with E-state index < -0.39 is 99.3 Å². The van der Waals surface area contributed by atoms with Crippen LogP contribution in [0.5, 0.6) is 0 Å². The molecular weight excluding hydrogens is 889 g/mol. The first-order valence-corrected chi connectivity index (χ1v) is 25.7. The molecule has 394 valence electrons. The quantitative estimate of drug-likeness (QED) is 0.0140. The van der Waals surface area contributed by atoms with Gasteiger partial charge in [0.05, 0.1) is 19.8 Å². The van der Waals surface area contributed by atoms with Crippen molar-refractivity contribution < 1.29 is 73.8 Å². The van der Waals surface area contributed by atoms with E-state index in [1.54, 1.807) is 0 Å². The van der Waals surface area contributed by atoms with Crippen LogP contribution in [-0.2, 0) is 38.0 Å². The van der Waals surface area contributed by atoms with E-state index in [0.29, 0.717) is 12.8 Å². The van der Waals surface area contributed by atoms with Gasteiger partial charge in [0, 0.05) is 12.8 Å². The molecule has 15 nitrogen and oxygen atoms in total. The lowest BCUT2D eigenvalue weighted by Gasteiger charge is -2.42. The van der Waals surface area contributed by atoms with E-state index in [1.165, 1.54) is 38.5 Å². The standard InChI is InChI=1S/C54H88O15/c1-3-5-7-9-11-13-15-17-18-19-20-21-22-23-25-26-28-30-32-34-36-45(56)64-39-42(67-46(57)37-35-33-31-29-27-24-16-14-12-10-8-6-4-2)40-65-53-52(63)50(61)48(59)44(69-53)41-66-54-51(62)49(60)47(58)43(38-55)68-54/h5-8,10-14,16-18,24,27,42-44,47-55,58-63H,3-4,9,15,19-23,25-26,28-41H2,1-2H3/b7-5+,8-6+,12-10+,13-11+,16-14+,18-17+,27-24+/t42?,43-,44-,47+,48+,49?,50?,51?,52?,53-,54-/m1/s1. The minimum Gasteiger partial charge on any atom is -0.462 e. The Balaban J connectivity index is 1.80. The van der Waals surface area contributed by atoms with Crippen molar-refractivity contribution in [3.8, 4) is 0 Å². The predicted molar refractivity (Wildman–Crippen MR) is 265 cm³/mol. The minimum atomic E-state index is -1.78. The summed E-state index contributed by atoms with van der Waals surface area (Å²) in [5.41, 5.74) is 0. The van der Waals surface area contributed by atoms with Gasteiger partial charge in [-0.2, -0.15) is 0 Å². The van der Waals surface area contributed by atoms with Crippen molar-refractivity contribution in [2.24, 2.45) is 0 Å². The van der Waals surface area contributed by atoms with Crippen LogP contribution in [0.15, 0.2) is 85.1 Å². The molecule has 0 aromatic heterocycles. The van der Waals surface area contributed by atoms with Gasteiger partial charge in [-0.05, 0) is 64.2 Å². The van der Waals surface area contributed by atoms with Gasteiger partial charge in [0.25, 0.3) is 0 Å². The molecule has 7 N–H and O–H groups in total. The van der Waals surface area contributed by atoms with Gasteiger partial charge in [0.2, 0.25) is 0 Å². The molecule has 5 unspecified atom stereocenters. The van der Waals surface area contributed by atoms with Crippen molar-refractivity contribution >= 4 is 11.9 Å². The maximum Gasteiger partial charge on any atom is 0.306 e. The van der Waals surface area contributed by atoms with E-state index in [-0.39, 0.29) is 19.4 Å². The summed E-state index contributed by atoms with van der Waals surface area (Å²) < 4.78 is 33.5. The molecule has 2 fully saturated rings. The number of ether oxygens (including phenoxy) is 6. The van der Waals surface area contributed by atoms with E-state index in [9.17, 15) is 45.3 Å². The van der Waals surface area contributed by atoms with Crippen LogP contribution in [0.1, 0.15) is 149 Å². The molecule has 0 amide bonds. The van der Waals surface area contributed by atoms with Crippen molar-refractivity contribution in [2.45, 2.75) is 216 Å². The number of aliphatic hydroxyl groups excluding tert-OH is 7. The van der Waals surface area contributed by atoms with Crippen LogP contribution in [-0.4, -0.2) is 142 Å². The van der Waals surface area contributed by atoms with Gasteiger partial charge in [-0.15, -0.1) is 0 Å². The van der Waals surface area contributed by atoms with Crippen molar-refractivity contribution in [1.82, 2.24) is 0 Å². The molecule has 15 heteroatoms. The zero-order valence-corrected chi connectivity index (χ0v) is 41.5. The lowest BCUT2D eigenvalue weighted by molar-refractivity contribution is -0.332. The Morgan fingerprint density at radius 2 is 0.942 bits per heavy atom. The lowest BCUT2D eigenvalue weighted by atomic mass is 9.98. The van der Waals surface area contributed by atoms with Crippen LogP contribution in [0.4, 0.5) is 0 Å². The van der Waals surface area contributed by atoms with E-state index >= 15 is 0 Å². The second kappa shape index (κ2) is 40.3. The molecule has 0 spiro atoms. The molecular formula is C54H88O15. The predicted octanol–water partition coefficient (Wildman–Crippen LogP) is 7.21. The number of esters is 2. The molecule has 0 aliphatic carbocycles. The number of carbonyl (C=O) groups is 2. The van der Waals surface area contributed by atoms with Gasteiger partial charge in [0.15, 0.2) is 18.7 Å². The third-order valence-corrected chi connectivity index (χ3v) is 11.7. The van der Waals surface area contributed by atoms with Crippen LogP contribution in [0.2, 0.25) is 0 Å². The highest BCUT2D eigenvalue weighted by molar-refractivity contribution is 5.70. The largest absolute Gasteiger partial charge is 0.462 e. The summed E-state index contributed by atoms with van der Waals surface area (Å²) >= 11 is 0. The lowest BCUT2D eigenvalue weighted by Crippen LogP contribution is -2.61. The van der Waals surface area contributed by atoms with Crippen LogP contribution >= 0.6 is 0 Å². The summed E-state index contributed by atoms with van der Waals surface area (Å²) in [6.07, 6.45) is 31.9. The van der Waals surface area contributed by atoms with E-state index in [1.807, 2.05) is 36.5 Å². The summed E-state index contributed by atoms with van der Waals surface area (Å²) in [6, 6.07) is 0. The number of carbonyl (C=O) groups excluding carboxylic acids is 2. The number of hydrogen-bond acceptors (Lipinski definition) is 15. The molecule has 0 radical (unpaired) electrons. The molecule has 69 heavy (non-hydrogen) atoms. The molecule has 2 rings (SSSR count). The minimum absolute atomic E-state index is 0.114. The Hall–Kier alpha value is -3.32. The van der Waals surface area contributed by atoms with Crippen molar-refractivity contribution in [3.63, 3.8) is 0 Å². The molecule has 0 aromatic rings. The monoisotopic (exact) mass is 977 g/mol. The molecule has 2 heterocycles. The maximum atomic E-state index is 13.0. The Kier molecular flexibility index (Phi) is 36.1. The summed E-state index contributed by atoms with van der Waals surface area (Å²) in [6.45, 7) is 2.27. The zero-order valence-electron chi connectivity index (χ0n) is 41.5. The summed E-state index contributed by atoms with van der Waals surface area (Å²) in [4.78, 5) is 25.7. The first kappa shape index (κ1) is 61.8.